The van der Waals surface area contributed by atoms with Crippen LogP contribution in [0.2, 0.25) is 0 Å². The summed E-state index contributed by atoms with van der Waals surface area (Å²) < 4.78 is 0. The largest absolute Gasteiger partial charge is 0.257 e. The second kappa shape index (κ2) is 5.53. The van der Waals surface area contributed by atoms with E-state index in [9.17, 15) is 0 Å². The Bertz CT molecular complexity index is 226. The minimum Gasteiger partial charge on any atom is -0.257 e. The van der Waals surface area contributed by atoms with Crippen molar-refractivity contribution in [1.29, 1.82) is 0 Å². The van der Waals surface area contributed by atoms with Gasteiger partial charge in [0.25, 0.3) is 0 Å². The van der Waals surface area contributed by atoms with E-state index in [0.717, 1.165) is 12.1 Å². The molecule has 0 saturated carbocycles. The van der Waals surface area contributed by atoms with Gasteiger partial charge in [0.15, 0.2) is 0 Å². The summed E-state index contributed by atoms with van der Waals surface area (Å²) in [6, 6.07) is 5.96. The van der Waals surface area contributed by atoms with Crippen LogP contribution in [0.15, 0.2) is 30.5 Å². The van der Waals surface area contributed by atoms with Gasteiger partial charge in [-0.2, -0.15) is 0 Å². The van der Waals surface area contributed by atoms with Crippen LogP contribution >= 0.6 is 0 Å². The van der Waals surface area contributed by atoms with Gasteiger partial charge < -0.3 is 0 Å². The maximum absolute atomic E-state index is 4.19. The van der Waals surface area contributed by atoms with Crippen LogP contribution in [0.4, 0.5) is 0 Å². The van der Waals surface area contributed by atoms with Crippen LogP contribution in [0.3, 0.4) is 0 Å². The third kappa shape index (κ3) is 3.33. The van der Waals surface area contributed by atoms with E-state index < -0.39 is 0 Å². The predicted molar refractivity (Wildman–Crippen MR) is 52.8 cm³/mol. The predicted octanol–water partition coefficient (Wildman–Crippen LogP) is 3.29. The Kier molecular flexibility index (Phi) is 4.14. The molecule has 0 bridgehead atoms. The third-order valence-electron chi connectivity index (χ3n) is 1.70. The van der Waals surface area contributed by atoms with Crippen molar-refractivity contribution in [2.45, 2.75) is 26.2 Å². The molecule has 0 spiro atoms. The number of hydrogen-bond acceptors (Lipinski definition) is 1. The van der Waals surface area contributed by atoms with E-state index in [-0.39, 0.29) is 0 Å². The molecule has 0 aliphatic carbocycles. The first kappa shape index (κ1) is 8.98. The van der Waals surface area contributed by atoms with Crippen molar-refractivity contribution in [3.05, 3.63) is 36.2 Å². The van der Waals surface area contributed by atoms with Gasteiger partial charge in [0.1, 0.15) is 0 Å². The van der Waals surface area contributed by atoms with Crippen LogP contribution in [0, 0.1) is 0 Å². The number of pyridine rings is 1. The topological polar surface area (TPSA) is 12.9 Å². The molecule has 1 nitrogen and oxygen atoms in total. The number of rotatable bonds is 4. The molecule has 0 unspecified atom stereocenters. The van der Waals surface area contributed by atoms with Gasteiger partial charge in [-0.05, 0) is 24.6 Å². The highest BCUT2D eigenvalue weighted by atomic mass is 14.6. The maximum atomic E-state index is 4.19. The third-order valence-corrected chi connectivity index (χ3v) is 1.70. The first-order valence-electron chi connectivity index (χ1n) is 4.51. The lowest BCUT2D eigenvalue weighted by molar-refractivity contribution is 0.816. The highest BCUT2D eigenvalue weighted by Gasteiger charge is 1.83. The lowest BCUT2D eigenvalue weighted by atomic mass is 10.2. The van der Waals surface area contributed by atoms with Crippen molar-refractivity contribution in [1.82, 2.24) is 4.98 Å². The number of hydrogen-bond donors (Lipinski definition) is 0. The molecule has 0 amide bonds. The highest BCUT2D eigenvalue weighted by Crippen LogP contribution is 2.00. The van der Waals surface area contributed by atoms with E-state index in [0.29, 0.717) is 0 Å². The molecule has 0 aliphatic heterocycles. The minimum absolute atomic E-state index is 1.05. The van der Waals surface area contributed by atoms with E-state index in [4.69, 9.17) is 0 Å². The van der Waals surface area contributed by atoms with E-state index in [1.54, 1.807) is 0 Å². The summed E-state index contributed by atoms with van der Waals surface area (Å²) in [6.45, 7) is 2.20. The molecule has 0 aliphatic rings. The van der Waals surface area contributed by atoms with Crippen LogP contribution in [0.5, 0.6) is 0 Å². The number of unbranched alkanes of at least 4 members (excludes halogenated alkanes) is 2. The summed E-state index contributed by atoms with van der Waals surface area (Å²) in [5.74, 6) is 0. The number of nitrogens with zero attached hydrogens (tertiary/aromatic N) is 1. The monoisotopic (exact) mass is 161 g/mol. The van der Waals surface area contributed by atoms with Gasteiger partial charge in [-0.1, -0.05) is 31.9 Å². The molecule has 0 fully saturated rings. The van der Waals surface area contributed by atoms with Crippen LogP contribution in [-0.4, -0.2) is 4.98 Å². The molecule has 64 valence electrons. The normalized spacial score (nSPS) is 10.8. The Balaban J connectivity index is 2.36. The fraction of sp³-hybridized carbons (Fsp3) is 0.364. The average molecular weight is 161 g/mol. The summed E-state index contributed by atoms with van der Waals surface area (Å²) in [4.78, 5) is 4.19. The molecular weight excluding hydrogens is 146 g/mol. The summed E-state index contributed by atoms with van der Waals surface area (Å²) >= 11 is 0. The van der Waals surface area contributed by atoms with Crippen molar-refractivity contribution in [3.63, 3.8) is 0 Å². The Hall–Kier alpha value is -1.11. The second-order valence-corrected chi connectivity index (χ2v) is 2.80. The van der Waals surface area contributed by atoms with Crippen molar-refractivity contribution in [2.75, 3.05) is 0 Å². The zero-order valence-electron chi connectivity index (χ0n) is 7.53. The Morgan fingerprint density at radius 1 is 1.42 bits per heavy atom. The number of allylic oxidation sites excluding steroid dienone is 1. The zero-order valence-corrected chi connectivity index (χ0v) is 7.53. The summed E-state index contributed by atoms with van der Waals surface area (Å²) in [7, 11) is 0. The van der Waals surface area contributed by atoms with Gasteiger partial charge in [-0.15, -0.1) is 0 Å². The van der Waals surface area contributed by atoms with Gasteiger partial charge in [0, 0.05) is 6.20 Å². The molecule has 0 radical (unpaired) electrons. The van der Waals surface area contributed by atoms with Gasteiger partial charge in [-0.3, -0.25) is 4.98 Å². The first-order chi connectivity index (χ1) is 5.93. The van der Waals surface area contributed by atoms with Gasteiger partial charge in [0.05, 0.1) is 5.69 Å². The van der Waals surface area contributed by atoms with Crippen LogP contribution in [0.25, 0.3) is 6.08 Å². The first-order valence-corrected chi connectivity index (χ1v) is 4.51. The molecule has 0 saturated heterocycles. The molecule has 1 aromatic heterocycles. The fourth-order valence-electron chi connectivity index (χ4n) is 1.00. The van der Waals surface area contributed by atoms with Gasteiger partial charge in [0.2, 0.25) is 0 Å². The summed E-state index contributed by atoms with van der Waals surface area (Å²) in [5, 5.41) is 0. The van der Waals surface area contributed by atoms with Crippen LogP contribution in [0.1, 0.15) is 31.9 Å². The van der Waals surface area contributed by atoms with E-state index in [1.807, 2.05) is 24.4 Å². The Labute approximate surface area is 74.2 Å². The quantitative estimate of drug-likeness (QED) is 0.617. The molecule has 12 heavy (non-hydrogen) atoms. The van der Waals surface area contributed by atoms with E-state index >= 15 is 0 Å². The number of aromatic nitrogens is 1. The van der Waals surface area contributed by atoms with Crippen molar-refractivity contribution < 1.29 is 0 Å². The van der Waals surface area contributed by atoms with Gasteiger partial charge in [-0.25, -0.2) is 0 Å². The van der Waals surface area contributed by atoms with Crippen molar-refractivity contribution >= 4 is 6.08 Å². The SMILES string of the molecule is CCCC/C=C/c1ccccn1. The van der Waals surface area contributed by atoms with Gasteiger partial charge >= 0.3 is 0 Å². The smallest absolute Gasteiger partial charge is 0.0626 e. The van der Waals surface area contributed by atoms with Crippen LogP contribution < -0.4 is 0 Å². The molecular formula is C11H15N. The average Bonchev–Trinajstić information content (AvgIpc) is 2.14. The van der Waals surface area contributed by atoms with Crippen molar-refractivity contribution in [2.24, 2.45) is 0 Å². The zero-order chi connectivity index (χ0) is 8.65. The van der Waals surface area contributed by atoms with E-state index in [2.05, 4.69) is 24.1 Å². The molecule has 0 N–H and O–H groups in total. The van der Waals surface area contributed by atoms with Crippen molar-refractivity contribution in [3.8, 4) is 0 Å². The lowest BCUT2D eigenvalue weighted by Crippen LogP contribution is -1.76. The van der Waals surface area contributed by atoms with Crippen LogP contribution in [-0.2, 0) is 0 Å². The molecule has 1 aromatic rings. The summed E-state index contributed by atoms with van der Waals surface area (Å²) in [6.07, 6.45) is 9.77. The molecule has 0 aromatic carbocycles. The molecule has 1 heterocycles. The summed E-state index contributed by atoms with van der Waals surface area (Å²) in [5.41, 5.74) is 1.05. The highest BCUT2D eigenvalue weighted by molar-refractivity contribution is 5.43. The molecule has 1 rings (SSSR count). The molecule has 1 heteroatoms. The second-order valence-electron chi connectivity index (χ2n) is 2.80. The maximum Gasteiger partial charge on any atom is 0.0626 e. The van der Waals surface area contributed by atoms with E-state index in [1.165, 1.54) is 12.8 Å². The fourth-order valence-corrected chi connectivity index (χ4v) is 1.00. The lowest BCUT2D eigenvalue weighted by Gasteiger charge is -1.90. The standard InChI is InChI=1S/C11H15N/c1-2-3-4-5-8-11-9-6-7-10-12-11/h5-10H,2-4H2,1H3/b8-5+. The Morgan fingerprint density at radius 2 is 2.33 bits per heavy atom. The Morgan fingerprint density at radius 3 is 3.00 bits per heavy atom. The molecule has 0 atom stereocenters. The minimum atomic E-state index is 1.05.